The molecule has 128 valence electrons. The number of piperidine rings is 1. The lowest BCUT2D eigenvalue weighted by Gasteiger charge is -2.30. The molecule has 0 radical (unpaired) electrons. The monoisotopic (exact) mass is 330 g/mol. The van der Waals surface area contributed by atoms with Gasteiger partial charge in [-0.15, -0.1) is 0 Å². The first-order valence-corrected chi connectivity index (χ1v) is 8.30. The quantitative estimate of drug-likeness (QED) is 0.880. The normalized spacial score (nSPS) is 21.0. The molecule has 24 heavy (non-hydrogen) atoms. The number of nitrogens with zero attached hydrogens (tertiary/aromatic N) is 2. The van der Waals surface area contributed by atoms with Crippen molar-refractivity contribution in [3.63, 3.8) is 0 Å². The van der Waals surface area contributed by atoms with Crippen molar-refractivity contribution in [3.05, 3.63) is 24.3 Å². The minimum atomic E-state index is -0.480. The van der Waals surface area contributed by atoms with Crippen molar-refractivity contribution in [2.45, 2.75) is 25.7 Å². The predicted octanol–water partition coefficient (Wildman–Crippen LogP) is 1.54. The maximum absolute atomic E-state index is 12.4. The first kappa shape index (κ1) is 16.3. The summed E-state index contributed by atoms with van der Waals surface area (Å²) >= 11 is 0. The van der Waals surface area contributed by atoms with Gasteiger partial charge in [0.05, 0.1) is 5.92 Å². The topological polar surface area (TPSA) is 95.7 Å². The highest BCUT2D eigenvalue weighted by Gasteiger charge is 2.27. The number of anilines is 2. The molecule has 1 atom stereocenters. The number of rotatable bonds is 3. The highest BCUT2D eigenvalue weighted by Crippen LogP contribution is 2.24. The van der Waals surface area contributed by atoms with E-state index in [0.29, 0.717) is 25.2 Å². The average molecular weight is 330 g/mol. The fourth-order valence-corrected chi connectivity index (χ4v) is 3.28. The second-order valence-electron chi connectivity index (χ2n) is 6.31. The summed E-state index contributed by atoms with van der Waals surface area (Å²) in [7, 11) is 0. The third-order valence-corrected chi connectivity index (χ3v) is 4.62. The summed E-state index contributed by atoms with van der Waals surface area (Å²) in [6.45, 7) is 1.72. The smallest absolute Gasteiger partial charge is 0.314 e. The van der Waals surface area contributed by atoms with Gasteiger partial charge >= 0.3 is 6.03 Å². The molecule has 1 aromatic carbocycles. The van der Waals surface area contributed by atoms with Gasteiger partial charge in [0, 0.05) is 37.4 Å². The second kappa shape index (κ2) is 6.90. The Morgan fingerprint density at radius 1 is 1.12 bits per heavy atom. The number of primary amides is 1. The van der Waals surface area contributed by atoms with Gasteiger partial charge in [-0.3, -0.25) is 9.59 Å². The summed E-state index contributed by atoms with van der Waals surface area (Å²) in [6, 6.07) is 6.80. The maximum Gasteiger partial charge on any atom is 0.314 e. The Balaban J connectivity index is 1.60. The fraction of sp³-hybridized carbons (Fsp3) is 0.471. The van der Waals surface area contributed by atoms with Crippen molar-refractivity contribution in [3.8, 4) is 0 Å². The van der Waals surface area contributed by atoms with Crippen molar-refractivity contribution in [1.82, 2.24) is 4.90 Å². The molecule has 0 saturated carbocycles. The third kappa shape index (κ3) is 3.50. The number of carbonyl (C=O) groups excluding carboxylic acids is 3. The van der Waals surface area contributed by atoms with Gasteiger partial charge in [-0.25, -0.2) is 4.79 Å². The lowest BCUT2D eigenvalue weighted by molar-refractivity contribution is -0.121. The number of urea groups is 1. The lowest BCUT2D eigenvalue weighted by atomic mass is 9.97. The number of hydrogen-bond donors (Lipinski definition) is 2. The zero-order valence-electron chi connectivity index (χ0n) is 13.5. The molecule has 0 bridgehead atoms. The van der Waals surface area contributed by atoms with Crippen LogP contribution in [0.4, 0.5) is 16.2 Å². The average Bonchev–Trinajstić information content (AvgIpc) is 3.01. The van der Waals surface area contributed by atoms with Crippen LogP contribution < -0.4 is 16.0 Å². The van der Waals surface area contributed by atoms with Gasteiger partial charge in [0.2, 0.25) is 11.8 Å². The van der Waals surface area contributed by atoms with E-state index in [4.69, 9.17) is 5.73 Å². The molecule has 4 amide bonds. The number of benzene rings is 1. The van der Waals surface area contributed by atoms with Gasteiger partial charge in [-0.1, -0.05) is 0 Å². The summed E-state index contributed by atoms with van der Waals surface area (Å²) in [4.78, 5) is 38.6. The molecular weight excluding hydrogens is 308 g/mol. The van der Waals surface area contributed by atoms with Crippen LogP contribution in [0.5, 0.6) is 0 Å². The van der Waals surface area contributed by atoms with Crippen LogP contribution in [-0.4, -0.2) is 42.4 Å². The van der Waals surface area contributed by atoms with E-state index in [0.717, 1.165) is 31.5 Å². The molecular formula is C17H22N4O3. The summed E-state index contributed by atoms with van der Waals surface area (Å²) in [5.74, 6) is -0.211. The molecule has 0 unspecified atom stereocenters. The number of nitrogens with two attached hydrogens (primary N) is 1. The van der Waals surface area contributed by atoms with Crippen molar-refractivity contribution in [2.75, 3.05) is 29.9 Å². The van der Waals surface area contributed by atoms with Crippen LogP contribution in [0.3, 0.4) is 0 Å². The first-order valence-electron chi connectivity index (χ1n) is 8.30. The standard InChI is InChI=1S/C17H22N4O3/c18-17(24)20-9-1-3-12(11-20)16(23)19-13-5-7-14(8-6-13)21-10-2-4-15(21)22/h5-8,12H,1-4,9-11H2,(H2,18,24)(H,19,23)/t12-/m1/s1. The molecule has 3 N–H and O–H groups in total. The Morgan fingerprint density at radius 2 is 1.88 bits per heavy atom. The minimum Gasteiger partial charge on any atom is -0.351 e. The summed E-state index contributed by atoms with van der Waals surface area (Å²) in [6.07, 6.45) is 3.00. The van der Waals surface area contributed by atoms with Gasteiger partial charge in [0.15, 0.2) is 0 Å². The molecule has 7 nitrogen and oxygen atoms in total. The number of carbonyl (C=O) groups is 3. The van der Waals surface area contributed by atoms with Crippen LogP contribution in [0.15, 0.2) is 24.3 Å². The fourth-order valence-electron chi connectivity index (χ4n) is 3.28. The Labute approximate surface area is 140 Å². The van der Waals surface area contributed by atoms with Gasteiger partial charge < -0.3 is 20.9 Å². The van der Waals surface area contributed by atoms with Gasteiger partial charge in [-0.2, -0.15) is 0 Å². The molecule has 2 aliphatic rings. The predicted molar refractivity (Wildman–Crippen MR) is 90.5 cm³/mol. The molecule has 7 heteroatoms. The number of likely N-dealkylation sites (tertiary alicyclic amines) is 1. The minimum absolute atomic E-state index is 0.106. The van der Waals surface area contributed by atoms with E-state index in [1.54, 1.807) is 17.0 Å². The molecule has 2 saturated heterocycles. The lowest BCUT2D eigenvalue weighted by Crippen LogP contribution is -2.46. The molecule has 0 spiro atoms. The van der Waals surface area contributed by atoms with E-state index < -0.39 is 6.03 Å². The van der Waals surface area contributed by atoms with E-state index in [2.05, 4.69) is 5.32 Å². The van der Waals surface area contributed by atoms with Crippen molar-refractivity contribution in [1.29, 1.82) is 0 Å². The molecule has 2 aliphatic heterocycles. The molecule has 2 fully saturated rings. The second-order valence-corrected chi connectivity index (χ2v) is 6.31. The SMILES string of the molecule is NC(=O)N1CCC[C@@H](C(=O)Nc2ccc(N3CCCC3=O)cc2)C1. The van der Waals surface area contributed by atoms with Crippen molar-refractivity contribution in [2.24, 2.45) is 11.7 Å². The van der Waals surface area contributed by atoms with Crippen LogP contribution >= 0.6 is 0 Å². The zero-order chi connectivity index (χ0) is 17.1. The molecule has 0 aromatic heterocycles. The summed E-state index contributed by atoms with van der Waals surface area (Å²) in [5, 5.41) is 2.88. The summed E-state index contributed by atoms with van der Waals surface area (Å²) < 4.78 is 0. The van der Waals surface area contributed by atoms with E-state index in [1.807, 2.05) is 12.1 Å². The van der Waals surface area contributed by atoms with Gasteiger partial charge in [0.1, 0.15) is 0 Å². The molecule has 3 rings (SSSR count). The van der Waals surface area contributed by atoms with E-state index >= 15 is 0 Å². The molecule has 0 aliphatic carbocycles. The number of nitrogens with one attached hydrogen (secondary N) is 1. The van der Waals surface area contributed by atoms with Crippen LogP contribution in [0, 0.1) is 5.92 Å². The van der Waals surface area contributed by atoms with Gasteiger partial charge in [0.25, 0.3) is 0 Å². The summed E-state index contributed by atoms with van der Waals surface area (Å²) in [5.41, 5.74) is 6.83. The van der Waals surface area contributed by atoms with Crippen LogP contribution in [0.2, 0.25) is 0 Å². The Hall–Kier alpha value is -2.57. The van der Waals surface area contributed by atoms with E-state index in [9.17, 15) is 14.4 Å². The Bertz CT molecular complexity index is 644. The van der Waals surface area contributed by atoms with Crippen LogP contribution in [0.1, 0.15) is 25.7 Å². The van der Waals surface area contributed by atoms with Crippen molar-refractivity contribution >= 4 is 29.2 Å². The van der Waals surface area contributed by atoms with Gasteiger partial charge in [-0.05, 0) is 43.5 Å². The highest BCUT2D eigenvalue weighted by molar-refractivity contribution is 5.96. The first-order chi connectivity index (χ1) is 11.5. The molecule has 2 heterocycles. The largest absolute Gasteiger partial charge is 0.351 e. The maximum atomic E-state index is 12.4. The Morgan fingerprint density at radius 3 is 2.50 bits per heavy atom. The Kier molecular flexibility index (Phi) is 4.69. The highest BCUT2D eigenvalue weighted by atomic mass is 16.2. The molecule has 1 aromatic rings. The van der Waals surface area contributed by atoms with Crippen LogP contribution in [0.25, 0.3) is 0 Å². The van der Waals surface area contributed by atoms with Crippen LogP contribution in [-0.2, 0) is 9.59 Å². The van der Waals surface area contributed by atoms with Crippen molar-refractivity contribution < 1.29 is 14.4 Å². The number of amides is 4. The number of hydrogen-bond acceptors (Lipinski definition) is 3. The van der Waals surface area contributed by atoms with E-state index in [1.165, 1.54) is 4.90 Å². The van der Waals surface area contributed by atoms with E-state index in [-0.39, 0.29) is 17.7 Å². The third-order valence-electron chi connectivity index (χ3n) is 4.62. The zero-order valence-corrected chi connectivity index (χ0v) is 13.5.